The van der Waals surface area contributed by atoms with Crippen molar-refractivity contribution < 1.29 is 19.1 Å². The molecule has 2 aromatic carbocycles. The van der Waals surface area contributed by atoms with E-state index in [1.807, 2.05) is 64.1 Å². The van der Waals surface area contributed by atoms with E-state index in [-0.39, 0.29) is 17.8 Å². The SMILES string of the molecule is COC(=O)c1cnn(-c2cc(C)cc(-c3cccc(C(=O)OC(C)(C)C)c3)c2)c1C1CC1/C(N)=C/N(C)N. The number of aryl methyl sites for hydroxylation is 1. The Kier molecular flexibility index (Phi) is 7.33. The molecule has 1 fully saturated rings. The van der Waals surface area contributed by atoms with E-state index in [0.29, 0.717) is 16.8 Å². The number of hydrazine groups is 1. The molecule has 38 heavy (non-hydrogen) atoms. The molecule has 1 heterocycles. The molecule has 2 atom stereocenters. The summed E-state index contributed by atoms with van der Waals surface area (Å²) < 4.78 is 12.4. The van der Waals surface area contributed by atoms with E-state index in [2.05, 4.69) is 5.10 Å². The van der Waals surface area contributed by atoms with Crippen LogP contribution in [0, 0.1) is 12.8 Å². The third kappa shape index (κ3) is 5.89. The zero-order chi connectivity index (χ0) is 27.8. The van der Waals surface area contributed by atoms with Gasteiger partial charge >= 0.3 is 11.9 Å². The average Bonchev–Trinajstić information content (AvgIpc) is 3.52. The maximum Gasteiger partial charge on any atom is 0.341 e. The highest BCUT2D eigenvalue weighted by Crippen LogP contribution is 2.52. The number of nitrogens with two attached hydrogens (primary N) is 2. The summed E-state index contributed by atoms with van der Waals surface area (Å²) in [6, 6.07) is 13.4. The number of esters is 2. The second-order valence-electron chi connectivity index (χ2n) is 10.7. The Labute approximate surface area is 223 Å². The predicted octanol–water partition coefficient (Wildman–Crippen LogP) is 4.30. The molecule has 0 bridgehead atoms. The minimum atomic E-state index is -0.587. The summed E-state index contributed by atoms with van der Waals surface area (Å²) in [5, 5.41) is 6.00. The summed E-state index contributed by atoms with van der Waals surface area (Å²) >= 11 is 0. The Bertz CT molecular complexity index is 1400. The van der Waals surface area contributed by atoms with Crippen LogP contribution >= 0.6 is 0 Å². The maximum atomic E-state index is 12.7. The number of carbonyl (C=O) groups excluding carboxylic acids is 2. The van der Waals surface area contributed by atoms with Crippen molar-refractivity contribution in [3.63, 3.8) is 0 Å². The third-order valence-electron chi connectivity index (χ3n) is 6.27. The average molecular weight is 518 g/mol. The summed E-state index contributed by atoms with van der Waals surface area (Å²) in [6.45, 7) is 7.52. The second kappa shape index (κ2) is 10.3. The van der Waals surface area contributed by atoms with Gasteiger partial charge in [-0.25, -0.2) is 20.1 Å². The zero-order valence-corrected chi connectivity index (χ0v) is 22.7. The predicted molar refractivity (Wildman–Crippen MR) is 145 cm³/mol. The molecular formula is C29H35N5O4. The van der Waals surface area contributed by atoms with E-state index in [9.17, 15) is 9.59 Å². The normalized spacial score (nSPS) is 17.2. The largest absolute Gasteiger partial charge is 0.465 e. The molecule has 200 valence electrons. The number of nitrogens with zero attached hydrogens (tertiary/aromatic N) is 3. The van der Waals surface area contributed by atoms with Gasteiger partial charge in [-0.2, -0.15) is 5.10 Å². The first-order chi connectivity index (χ1) is 17.9. The van der Waals surface area contributed by atoms with E-state index >= 15 is 0 Å². The zero-order valence-electron chi connectivity index (χ0n) is 22.7. The number of methoxy groups -OCH3 is 1. The van der Waals surface area contributed by atoms with Crippen LogP contribution in [0.15, 0.2) is 60.6 Å². The van der Waals surface area contributed by atoms with E-state index in [1.165, 1.54) is 18.3 Å². The minimum absolute atomic E-state index is 0.0118. The Hall–Kier alpha value is -4.11. The van der Waals surface area contributed by atoms with Gasteiger partial charge in [-0.05, 0) is 75.1 Å². The van der Waals surface area contributed by atoms with Crippen molar-refractivity contribution in [3.8, 4) is 16.8 Å². The van der Waals surface area contributed by atoms with Crippen LogP contribution in [0.5, 0.6) is 0 Å². The van der Waals surface area contributed by atoms with Crippen molar-refractivity contribution in [1.82, 2.24) is 14.8 Å². The summed E-state index contributed by atoms with van der Waals surface area (Å²) in [7, 11) is 3.06. The van der Waals surface area contributed by atoms with Crippen LogP contribution in [0.2, 0.25) is 0 Å². The van der Waals surface area contributed by atoms with Gasteiger partial charge in [-0.15, -0.1) is 0 Å². The molecule has 9 nitrogen and oxygen atoms in total. The van der Waals surface area contributed by atoms with Gasteiger partial charge in [0.1, 0.15) is 11.2 Å². The van der Waals surface area contributed by atoms with E-state index in [4.69, 9.17) is 21.1 Å². The standard InChI is InChI=1S/C29H35N5O4/c1-17-10-20(18-8-7-9-19(12-18)27(35)38-29(2,3)4)13-21(11-17)34-26(24(15-32-34)28(36)37-6)23-14-22(23)25(30)16-33(5)31/h7-13,15-16,22-23H,14,30-31H2,1-6H3/b25-16-. The number of aromatic nitrogens is 2. The molecule has 0 radical (unpaired) electrons. The molecule has 1 aliphatic carbocycles. The number of hydrogen-bond donors (Lipinski definition) is 2. The number of allylic oxidation sites excluding steroid dienone is 1. The highest BCUT2D eigenvalue weighted by atomic mass is 16.6. The Morgan fingerprint density at radius 2 is 1.87 bits per heavy atom. The third-order valence-corrected chi connectivity index (χ3v) is 6.27. The lowest BCUT2D eigenvalue weighted by Gasteiger charge is -2.19. The van der Waals surface area contributed by atoms with Crippen LogP contribution in [-0.2, 0) is 9.47 Å². The number of ether oxygens (including phenoxy) is 2. The molecule has 0 spiro atoms. The van der Waals surface area contributed by atoms with Crippen LogP contribution in [0.25, 0.3) is 16.8 Å². The smallest absolute Gasteiger partial charge is 0.341 e. The van der Waals surface area contributed by atoms with E-state index < -0.39 is 11.6 Å². The minimum Gasteiger partial charge on any atom is -0.465 e. The highest BCUT2D eigenvalue weighted by Gasteiger charge is 2.45. The van der Waals surface area contributed by atoms with Crippen molar-refractivity contribution in [2.45, 2.75) is 45.6 Å². The van der Waals surface area contributed by atoms with Gasteiger partial charge < -0.3 is 20.2 Å². The van der Waals surface area contributed by atoms with Crippen molar-refractivity contribution in [2.24, 2.45) is 17.5 Å². The molecule has 4 N–H and O–H groups in total. The second-order valence-corrected chi connectivity index (χ2v) is 10.7. The first-order valence-electron chi connectivity index (χ1n) is 12.4. The molecule has 1 saturated carbocycles. The fourth-order valence-corrected chi connectivity index (χ4v) is 4.60. The van der Waals surface area contributed by atoms with Gasteiger partial charge in [-0.3, -0.25) is 0 Å². The first-order valence-corrected chi connectivity index (χ1v) is 12.4. The summed E-state index contributed by atoms with van der Waals surface area (Å²) in [4.78, 5) is 25.3. The molecule has 0 aliphatic heterocycles. The Morgan fingerprint density at radius 3 is 2.53 bits per heavy atom. The fourth-order valence-electron chi connectivity index (χ4n) is 4.60. The number of benzene rings is 2. The topological polar surface area (TPSA) is 126 Å². The van der Waals surface area contributed by atoms with Gasteiger partial charge in [0.2, 0.25) is 0 Å². The van der Waals surface area contributed by atoms with Crippen LogP contribution < -0.4 is 11.6 Å². The van der Waals surface area contributed by atoms with Gasteiger partial charge in [-0.1, -0.05) is 18.2 Å². The molecule has 1 aromatic heterocycles. The van der Waals surface area contributed by atoms with Crippen molar-refractivity contribution in [2.75, 3.05) is 14.2 Å². The molecule has 0 amide bonds. The van der Waals surface area contributed by atoms with Crippen molar-refractivity contribution in [1.29, 1.82) is 0 Å². The monoisotopic (exact) mass is 517 g/mol. The van der Waals surface area contributed by atoms with Gasteiger partial charge in [0, 0.05) is 30.8 Å². The lowest BCUT2D eigenvalue weighted by Crippen LogP contribution is -2.23. The number of hydrogen-bond acceptors (Lipinski definition) is 8. The highest BCUT2D eigenvalue weighted by molar-refractivity contribution is 5.92. The number of rotatable bonds is 7. The summed E-state index contributed by atoms with van der Waals surface area (Å²) in [5.74, 6) is 4.95. The van der Waals surface area contributed by atoms with Crippen LogP contribution in [0.1, 0.15) is 65.1 Å². The molecule has 0 saturated heterocycles. The van der Waals surface area contributed by atoms with Gasteiger partial charge in [0.25, 0.3) is 0 Å². The lowest BCUT2D eigenvalue weighted by atomic mass is 10.00. The fraction of sp³-hybridized carbons (Fsp3) is 0.345. The Morgan fingerprint density at radius 1 is 1.13 bits per heavy atom. The van der Waals surface area contributed by atoms with Gasteiger partial charge in [0.15, 0.2) is 0 Å². The molecule has 4 rings (SSSR count). The van der Waals surface area contributed by atoms with E-state index in [0.717, 1.165) is 34.5 Å². The molecule has 9 heteroatoms. The van der Waals surface area contributed by atoms with Crippen molar-refractivity contribution in [3.05, 3.63) is 82.9 Å². The summed E-state index contributed by atoms with van der Waals surface area (Å²) in [6.07, 6.45) is 3.99. The number of carbonyl (C=O) groups is 2. The summed E-state index contributed by atoms with van der Waals surface area (Å²) in [5.41, 5.74) is 11.5. The van der Waals surface area contributed by atoms with Crippen LogP contribution in [0.3, 0.4) is 0 Å². The van der Waals surface area contributed by atoms with Crippen LogP contribution in [-0.4, -0.2) is 46.5 Å². The first kappa shape index (κ1) is 26.9. The molecule has 2 unspecified atom stereocenters. The quantitative estimate of drug-likeness (QED) is 0.270. The van der Waals surface area contributed by atoms with Crippen molar-refractivity contribution >= 4 is 11.9 Å². The molecule has 1 aliphatic rings. The maximum absolute atomic E-state index is 12.7. The lowest BCUT2D eigenvalue weighted by molar-refractivity contribution is 0.00693. The van der Waals surface area contributed by atoms with Gasteiger partial charge in [0.05, 0.1) is 30.3 Å². The molecule has 3 aromatic rings. The molecular weight excluding hydrogens is 482 g/mol. The van der Waals surface area contributed by atoms with E-state index in [1.54, 1.807) is 24.0 Å². The Balaban J connectivity index is 1.75. The van der Waals surface area contributed by atoms with Crippen LogP contribution in [0.4, 0.5) is 0 Å².